The number of aromatic nitrogens is 1. The Morgan fingerprint density at radius 2 is 1.94 bits per heavy atom. The SMILES string of the molecule is NC1CCCCCC1c1cccc2ccncc12. The molecule has 3 rings (SSSR count). The lowest BCUT2D eigenvalue weighted by Gasteiger charge is -2.23. The molecule has 0 aliphatic heterocycles. The van der Waals surface area contributed by atoms with Crippen molar-refractivity contribution < 1.29 is 0 Å². The zero-order valence-corrected chi connectivity index (χ0v) is 10.7. The predicted molar refractivity (Wildman–Crippen MR) is 75.5 cm³/mol. The van der Waals surface area contributed by atoms with Crippen LogP contribution in [0.5, 0.6) is 0 Å². The molecule has 0 saturated heterocycles. The third-order valence-electron chi connectivity index (χ3n) is 4.19. The van der Waals surface area contributed by atoms with E-state index in [9.17, 15) is 0 Å². The van der Waals surface area contributed by atoms with Crippen LogP contribution in [-0.2, 0) is 0 Å². The molecule has 1 aromatic heterocycles. The Balaban J connectivity index is 2.07. The van der Waals surface area contributed by atoms with Gasteiger partial charge in [0.05, 0.1) is 0 Å². The summed E-state index contributed by atoms with van der Waals surface area (Å²) >= 11 is 0. The summed E-state index contributed by atoms with van der Waals surface area (Å²) in [6.07, 6.45) is 10.1. The third-order valence-corrected chi connectivity index (χ3v) is 4.19. The second-order valence-electron chi connectivity index (χ2n) is 5.35. The average Bonchev–Trinajstić information content (AvgIpc) is 2.63. The summed E-state index contributed by atoms with van der Waals surface area (Å²) in [6.45, 7) is 0. The maximum Gasteiger partial charge on any atom is 0.0349 e. The largest absolute Gasteiger partial charge is 0.327 e. The zero-order valence-electron chi connectivity index (χ0n) is 10.7. The van der Waals surface area contributed by atoms with Gasteiger partial charge in [-0.2, -0.15) is 0 Å². The standard InChI is InChI=1S/C16H20N2/c17-16-8-3-1-2-6-14(16)13-7-4-5-12-9-10-18-11-15(12)13/h4-5,7,9-11,14,16H,1-3,6,8,17H2. The van der Waals surface area contributed by atoms with E-state index in [1.165, 1.54) is 42.0 Å². The summed E-state index contributed by atoms with van der Waals surface area (Å²) in [5.41, 5.74) is 7.78. The van der Waals surface area contributed by atoms with Gasteiger partial charge in [0.2, 0.25) is 0 Å². The Morgan fingerprint density at radius 3 is 2.89 bits per heavy atom. The lowest BCUT2D eigenvalue weighted by molar-refractivity contribution is 0.508. The van der Waals surface area contributed by atoms with Gasteiger partial charge in [-0.15, -0.1) is 0 Å². The van der Waals surface area contributed by atoms with Gasteiger partial charge in [-0.05, 0) is 35.8 Å². The second kappa shape index (κ2) is 5.07. The Kier molecular flexibility index (Phi) is 3.28. The van der Waals surface area contributed by atoms with Crippen LogP contribution < -0.4 is 5.73 Å². The first-order valence-electron chi connectivity index (χ1n) is 6.94. The van der Waals surface area contributed by atoms with Gasteiger partial charge in [0, 0.05) is 23.8 Å². The summed E-state index contributed by atoms with van der Waals surface area (Å²) in [4.78, 5) is 4.28. The van der Waals surface area contributed by atoms with Crippen molar-refractivity contribution in [2.45, 2.75) is 44.1 Å². The molecule has 1 saturated carbocycles. The molecule has 0 spiro atoms. The highest BCUT2D eigenvalue weighted by molar-refractivity contribution is 5.85. The molecule has 0 amide bonds. The van der Waals surface area contributed by atoms with Crippen molar-refractivity contribution in [3.8, 4) is 0 Å². The van der Waals surface area contributed by atoms with E-state index in [-0.39, 0.29) is 0 Å². The molecule has 1 aromatic carbocycles. The predicted octanol–water partition coefficient (Wildman–Crippen LogP) is 3.61. The minimum Gasteiger partial charge on any atom is -0.327 e. The van der Waals surface area contributed by atoms with Gasteiger partial charge < -0.3 is 5.73 Å². The van der Waals surface area contributed by atoms with Crippen LogP contribution in [0.2, 0.25) is 0 Å². The van der Waals surface area contributed by atoms with Crippen molar-refractivity contribution in [2.75, 3.05) is 0 Å². The highest BCUT2D eigenvalue weighted by atomic mass is 14.7. The van der Waals surface area contributed by atoms with Crippen molar-refractivity contribution in [1.82, 2.24) is 4.98 Å². The van der Waals surface area contributed by atoms with Crippen LogP contribution >= 0.6 is 0 Å². The van der Waals surface area contributed by atoms with Gasteiger partial charge in [-0.3, -0.25) is 4.98 Å². The van der Waals surface area contributed by atoms with E-state index in [1.807, 2.05) is 12.4 Å². The first-order chi connectivity index (χ1) is 8.86. The first kappa shape index (κ1) is 11.7. The molecule has 2 heteroatoms. The number of hydrogen-bond acceptors (Lipinski definition) is 2. The minimum atomic E-state index is 0.304. The van der Waals surface area contributed by atoms with Crippen LogP contribution in [0.3, 0.4) is 0 Å². The summed E-state index contributed by atoms with van der Waals surface area (Å²) in [5, 5.41) is 2.56. The van der Waals surface area contributed by atoms with Crippen molar-refractivity contribution in [2.24, 2.45) is 5.73 Å². The van der Waals surface area contributed by atoms with E-state index >= 15 is 0 Å². The fourth-order valence-corrected chi connectivity index (χ4v) is 3.18. The molecular weight excluding hydrogens is 220 g/mol. The minimum absolute atomic E-state index is 0.304. The van der Waals surface area contributed by atoms with Gasteiger partial charge >= 0.3 is 0 Å². The van der Waals surface area contributed by atoms with Gasteiger partial charge in [0.25, 0.3) is 0 Å². The monoisotopic (exact) mass is 240 g/mol. The molecule has 2 nitrogen and oxygen atoms in total. The molecule has 2 aromatic rings. The third kappa shape index (κ3) is 2.13. The van der Waals surface area contributed by atoms with E-state index in [0.29, 0.717) is 12.0 Å². The number of benzene rings is 1. The molecule has 2 unspecified atom stereocenters. The Bertz CT molecular complexity index is 530. The molecule has 1 fully saturated rings. The second-order valence-corrected chi connectivity index (χ2v) is 5.35. The summed E-state index contributed by atoms with van der Waals surface area (Å²) in [7, 11) is 0. The smallest absolute Gasteiger partial charge is 0.0349 e. The van der Waals surface area contributed by atoms with Gasteiger partial charge in [0.15, 0.2) is 0 Å². The van der Waals surface area contributed by atoms with Crippen molar-refractivity contribution in [3.63, 3.8) is 0 Å². The topological polar surface area (TPSA) is 38.9 Å². The highest BCUT2D eigenvalue weighted by Gasteiger charge is 2.23. The van der Waals surface area contributed by atoms with Crippen LogP contribution in [0, 0.1) is 0 Å². The average molecular weight is 240 g/mol. The number of fused-ring (bicyclic) bond motifs is 1. The van der Waals surface area contributed by atoms with E-state index in [4.69, 9.17) is 5.73 Å². The number of nitrogens with zero attached hydrogens (tertiary/aromatic N) is 1. The van der Waals surface area contributed by atoms with E-state index < -0.39 is 0 Å². The summed E-state index contributed by atoms with van der Waals surface area (Å²) in [6, 6.07) is 8.93. The zero-order chi connectivity index (χ0) is 12.4. The fourth-order valence-electron chi connectivity index (χ4n) is 3.18. The molecule has 1 aliphatic carbocycles. The van der Waals surface area contributed by atoms with Crippen LogP contribution in [0.1, 0.15) is 43.6 Å². The highest BCUT2D eigenvalue weighted by Crippen LogP contribution is 2.34. The van der Waals surface area contributed by atoms with Crippen molar-refractivity contribution >= 4 is 10.8 Å². The molecule has 1 heterocycles. The van der Waals surface area contributed by atoms with Crippen LogP contribution in [-0.4, -0.2) is 11.0 Å². The Hall–Kier alpha value is -1.41. The van der Waals surface area contributed by atoms with Gasteiger partial charge in [-0.25, -0.2) is 0 Å². The lowest BCUT2D eigenvalue weighted by Crippen LogP contribution is -2.27. The number of pyridine rings is 1. The Labute approximate surface area is 108 Å². The van der Waals surface area contributed by atoms with E-state index in [0.717, 1.165) is 6.42 Å². The van der Waals surface area contributed by atoms with Gasteiger partial charge in [-0.1, -0.05) is 37.5 Å². The lowest BCUT2D eigenvalue weighted by atomic mass is 9.86. The van der Waals surface area contributed by atoms with Crippen molar-refractivity contribution in [3.05, 3.63) is 42.2 Å². The molecule has 18 heavy (non-hydrogen) atoms. The van der Waals surface area contributed by atoms with Crippen molar-refractivity contribution in [1.29, 1.82) is 0 Å². The van der Waals surface area contributed by atoms with Crippen LogP contribution in [0.25, 0.3) is 10.8 Å². The normalized spacial score (nSPS) is 24.9. The van der Waals surface area contributed by atoms with Gasteiger partial charge in [0.1, 0.15) is 0 Å². The van der Waals surface area contributed by atoms with E-state index in [2.05, 4.69) is 29.2 Å². The number of nitrogens with two attached hydrogens (primary N) is 1. The molecule has 94 valence electrons. The molecular formula is C16H20N2. The molecule has 1 aliphatic rings. The van der Waals surface area contributed by atoms with E-state index in [1.54, 1.807) is 0 Å². The fraction of sp³-hybridized carbons (Fsp3) is 0.438. The Morgan fingerprint density at radius 1 is 1.06 bits per heavy atom. The maximum absolute atomic E-state index is 6.38. The molecule has 0 bridgehead atoms. The first-order valence-corrected chi connectivity index (χ1v) is 6.94. The maximum atomic E-state index is 6.38. The molecule has 0 radical (unpaired) electrons. The molecule has 2 N–H and O–H groups in total. The summed E-state index contributed by atoms with van der Waals surface area (Å²) in [5.74, 6) is 0.500. The quantitative estimate of drug-likeness (QED) is 0.773. The van der Waals surface area contributed by atoms with Crippen LogP contribution in [0.4, 0.5) is 0 Å². The number of hydrogen-bond donors (Lipinski definition) is 1. The molecule has 2 atom stereocenters. The van der Waals surface area contributed by atoms with Crippen LogP contribution in [0.15, 0.2) is 36.7 Å². The number of rotatable bonds is 1. The summed E-state index contributed by atoms with van der Waals surface area (Å²) < 4.78 is 0.